The molecule has 2 heterocycles. The van der Waals surface area contributed by atoms with Crippen molar-refractivity contribution in [1.29, 1.82) is 0 Å². The first kappa shape index (κ1) is 20.5. The number of nitrogens with zero attached hydrogens (tertiary/aromatic N) is 3. The lowest BCUT2D eigenvalue weighted by Crippen LogP contribution is -2.21. The molecule has 1 unspecified atom stereocenters. The summed E-state index contributed by atoms with van der Waals surface area (Å²) in [6.07, 6.45) is 6.05. The van der Waals surface area contributed by atoms with E-state index >= 15 is 0 Å². The number of rotatable bonds is 6. The second kappa shape index (κ2) is 8.50. The van der Waals surface area contributed by atoms with Crippen LogP contribution in [0.2, 0.25) is 5.02 Å². The summed E-state index contributed by atoms with van der Waals surface area (Å²) < 4.78 is 7.59. The van der Waals surface area contributed by atoms with Crippen LogP contribution >= 0.6 is 11.6 Å². The maximum absolute atomic E-state index is 6.34. The van der Waals surface area contributed by atoms with Crippen LogP contribution in [0.4, 0.5) is 0 Å². The molecule has 30 heavy (non-hydrogen) atoms. The number of methoxy groups -OCH3 is 1. The quantitative estimate of drug-likeness (QED) is 0.375. The fraction of sp³-hybridized carbons (Fsp3) is 0.240. The highest BCUT2D eigenvalue weighted by Gasteiger charge is 2.16. The van der Waals surface area contributed by atoms with Crippen LogP contribution in [0.3, 0.4) is 0 Å². The summed E-state index contributed by atoms with van der Waals surface area (Å²) in [4.78, 5) is 6.73. The van der Waals surface area contributed by atoms with Crippen molar-refractivity contribution >= 4 is 22.5 Å². The molecule has 154 valence electrons. The maximum atomic E-state index is 6.34. The Kier molecular flexibility index (Phi) is 5.80. The minimum Gasteiger partial charge on any atom is -0.497 e. The van der Waals surface area contributed by atoms with Crippen molar-refractivity contribution in [3.05, 3.63) is 72.1 Å². The maximum Gasteiger partial charge on any atom is 0.118 e. The van der Waals surface area contributed by atoms with Gasteiger partial charge in [-0.05, 0) is 56.9 Å². The number of hydrogen-bond acceptors (Lipinski definition) is 3. The molecule has 0 N–H and O–H groups in total. The molecule has 0 saturated heterocycles. The van der Waals surface area contributed by atoms with Gasteiger partial charge in [0, 0.05) is 58.3 Å². The Morgan fingerprint density at radius 1 is 1.00 bits per heavy atom. The lowest BCUT2D eigenvalue weighted by molar-refractivity contribution is 0.341. The normalized spacial score (nSPS) is 12.5. The van der Waals surface area contributed by atoms with E-state index in [2.05, 4.69) is 65.9 Å². The van der Waals surface area contributed by atoms with E-state index in [1.54, 1.807) is 7.11 Å². The smallest absolute Gasteiger partial charge is 0.118 e. The largest absolute Gasteiger partial charge is 0.497 e. The van der Waals surface area contributed by atoms with E-state index in [0.717, 1.165) is 45.1 Å². The van der Waals surface area contributed by atoms with Crippen LogP contribution < -0.4 is 4.74 Å². The fourth-order valence-corrected chi connectivity index (χ4v) is 4.13. The Morgan fingerprint density at radius 3 is 2.43 bits per heavy atom. The van der Waals surface area contributed by atoms with Crippen LogP contribution in [0.15, 0.2) is 67.1 Å². The third-order valence-electron chi connectivity index (χ3n) is 5.37. The van der Waals surface area contributed by atoms with Crippen molar-refractivity contribution in [3.63, 3.8) is 0 Å². The molecule has 5 heteroatoms. The van der Waals surface area contributed by atoms with Crippen molar-refractivity contribution in [3.8, 4) is 28.0 Å². The van der Waals surface area contributed by atoms with Crippen LogP contribution in [0.25, 0.3) is 33.2 Å². The Bertz CT molecular complexity index is 1160. The first-order chi connectivity index (χ1) is 14.5. The monoisotopic (exact) mass is 419 g/mol. The lowest BCUT2D eigenvalue weighted by atomic mass is 10.0. The second-order valence-electron chi connectivity index (χ2n) is 7.91. The lowest BCUT2D eigenvalue weighted by Gasteiger charge is -2.19. The Morgan fingerprint density at radius 2 is 1.73 bits per heavy atom. The van der Waals surface area contributed by atoms with Gasteiger partial charge in [0.2, 0.25) is 0 Å². The molecule has 0 bridgehead atoms. The zero-order valence-electron chi connectivity index (χ0n) is 17.8. The number of hydrogen-bond donors (Lipinski definition) is 0. The molecule has 2 aromatic carbocycles. The molecule has 0 fully saturated rings. The fourth-order valence-electron chi connectivity index (χ4n) is 3.96. The molecule has 0 aliphatic heterocycles. The van der Waals surface area contributed by atoms with Gasteiger partial charge in [0.1, 0.15) is 5.75 Å². The SMILES string of the molecule is COc1ccc(-c2cncc(-c3cn(C(C)CN(C)C)c4cc(Cl)ccc34)c2)cc1. The summed E-state index contributed by atoms with van der Waals surface area (Å²) in [5.74, 6) is 0.845. The van der Waals surface area contributed by atoms with Gasteiger partial charge in [-0.3, -0.25) is 4.98 Å². The van der Waals surface area contributed by atoms with Gasteiger partial charge in [-0.2, -0.15) is 0 Å². The number of ether oxygens (including phenoxy) is 1. The first-order valence-corrected chi connectivity index (χ1v) is 10.4. The van der Waals surface area contributed by atoms with Crippen molar-refractivity contribution in [2.24, 2.45) is 0 Å². The number of benzene rings is 2. The van der Waals surface area contributed by atoms with Crippen molar-refractivity contribution in [1.82, 2.24) is 14.5 Å². The van der Waals surface area contributed by atoms with E-state index in [4.69, 9.17) is 16.3 Å². The zero-order valence-corrected chi connectivity index (χ0v) is 18.5. The van der Waals surface area contributed by atoms with Crippen molar-refractivity contribution in [2.75, 3.05) is 27.7 Å². The third-order valence-corrected chi connectivity index (χ3v) is 5.61. The summed E-state index contributed by atoms with van der Waals surface area (Å²) in [7, 11) is 5.87. The average molecular weight is 420 g/mol. The van der Waals surface area contributed by atoms with E-state index < -0.39 is 0 Å². The third kappa shape index (κ3) is 4.07. The van der Waals surface area contributed by atoms with Gasteiger partial charge in [0.15, 0.2) is 0 Å². The predicted octanol–water partition coefficient (Wildman–Crippen LogP) is 6.15. The van der Waals surface area contributed by atoms with Gasteiger partial charge >= 0.3 is 0 Å². The molecular formula is C25H26ClN3O. The first-order valence-electron chi connectivity index (χ1n) is 10.0. The summed E-state index contributed by atoms with van der Waals surface area (Å²) in [6, 6.07) is 16.7. The van der Waals surface area contributed by atoms with E-state index in [-0.39, 0.29) is 0 Å². The number of likely N-dealkylation sites (N-methyl/N-ethyl adjacent to an activating group) is 1. The average Bonchev–Trinajstić information content (AvgIpc) is 3.12. The molecule has 4 nitrogen and oxygen atoms in total. The van der Waals surface area contributed by atoms with E-state index in [0.29, 0.717) is 6.04 Å². The minimum absolute atomic E-state index is 0.312. The van der Waals surface area contributed by atoms with Gasteiger partial charge in [-0.1, -0.05) is 29.8 Å². The van der Waals surface area contributed by atoms with Crippen LogP contribution in [-0.2, 0) is 0 Å². The van der Waals surface area contributed by atoms with Gasteiger partial charge < -0.3 is 14.2 Å². The number of halogens is 1. The van der Waals surface area contributed by atoms with Crippen molar-refractivity contribution in [2.45, 2.75) is 13.0 Å². The molecule has 0 aliphatic carbocycles. The van der Waals surface area contributed by atoms with Crippen LogP contribution in [-0.4, -0.2) is 42.2 Å². The van der Waals surface area contributed by atoms with Crippen molar-refractivity contribution < 1.29 is 4.74 Å². The van der Waals surface area contributed by atoms with Gasteiger partial charge in [0.05, 0.1) is 12.6 Å². The summed E-state index contributed by atoms with van der Waals surface area (Å²) >= 11 is 6.34. The van der Waals surface area contributed by atoms with Gasteiger partial charge in [-0.25, -0.2) is 0 Å². The number of fused-ring (bicyclic) bond motifs is 1. The molecule has 0 amide bonds. The Hall–Kier alpha value is -2.82. The summed E-state index contributed by atoms with van der Waals surface area (Å²) in [5, 5.41) is 1.93. The molecule has 4 rings (SSSR count). The molecule has 0 saturated carbocycles. The predicted molar refractivity (Wildman–Crippen MR) is 125 cm³/mol. The van der Waals surface area contributed by atoms with Crippen LogP contribution in [0.1, 0.15) is 13.0 Å². The molecule has 0 aliphatic rings. The second-order valence-corrected chi connectivity index (χ2v) is 8.35. The van der Waals surface area contributed by atoms with Crippen LogP contribution in [0.5, 0.6) is 5.75 Å². The van der Waals surface area contributed by atoms with E-state index in [1.165, 1.54) is 5.39 Å². The Labute approximate surface area is 182 Å². The highest BCUT2D eigenvalue weighted by molar-refractivity contribution is 6.31. The summed E-state index contributed by atoms with van der Waals surface area (Å²) in [6.45, 7) is 3.18. The standard InChI is InChI=1S/C25H26ClN3O/c1-17(15-28(2)3)29-16-24(23-10-7-21(26)12-25(23)29)20-11-19(13-27-14-20)18-5-8-22(30-4)9-6-18/h5-14,16-17H,15H2,1-4H3. The molecule has 2 aromatic heterocycles. The van der Waals surface area contributed by atoms with Gasteiger partial charge in [-0.15, -0.1) is 0 Å². The molecule has 4 aromatic rings. The van der Waals surface area contributed by atoms with Crippen LogP contribution in [0, 0.1) is 0 Å². The van der Waals surface area contributed by atoms with E-state index in [9.17, 15) is 0 Å². The molecule has 0 spiro atoms. The topological polar surface area (TPSA) is 30.3 Å². The Balaban J connectivity index is 1.81. The van der Waals surface area contributed by atoms with E-state index in [1.807, 2.05) is 36.7 Å². The molecule has 1 atom stereocenters. The highest BCUT2D eigenvalue weighted by Crippen LogP contribution is 2.35. The van der Waals surface area contributed by atoms with Gasteiger partial charge in [0.25, 0.3) is 0 Å². The zero-order chi connectivity index (χ0) is 21.3. The molecular weight excluding hydrogens is 394 g/mol. The molecule has 0 radical (unpaired) electrons. The number of aromatic nitrogens is 2. The highest BCUT2D eigenvalue weighted by atomic mass is 35.5. The number of pyridine rings is 1. The summed E-state index contributed by atoms with van der Waals surface area (Å²) in [5.41, 5.74) is 5.58. The minimum atomic E-state index is 0.312.